The van der Waals surface area contributed by atoms with E-state index in [9.17, 15) is 24.5 Å². The van der Waals surface area contributed by atoms with Crippen molar-refractivity contribution in [2.24, 2.45) is 5.73 Å². The van der Waals surface area contributed by atoms with Crippen molar-refractivity contribution in [2.75, 3.05) is 19.8 Å². The summed E-state index contributed by atoms with van der Waals surface area (Å²) >= 11 is 0. The number of nitrogens with two attached hydrogens (primary N) is 1. The Kier molecular flexibility index (Phi) is 33.2. The van der Waals surface area contributed by atoms with Crippen LogP contribution in [0.4, 0.5) is 0 Å². The molecule has 0 aliphatic rings. The fourth-order valence-electron chi connectivity index (χ4n) is 5.35. The minimum atomic E-state index is -4.41. The molecule has 0 heterocycles. The standard InChI is InChI=1S/C38H73N2O7P/c1-3-5-7-9-11-13-15-16-17-18-20-22-24-26-28-30-37(42)36(34-47-48(44,45)46-32-31-39)40-38(43)33-35(41)29-27-25-23-21-19-14-12-10-8-6-4-2/h21,23,27-30,35-37,41-42H,3-20,22,24-26,31-34,39H2,1-2H3,(H,40,43)(H,44,45)/b23-21-,29-27-,30-28+. The molecule has 0 bridgehead atoms. The Morgan fingerprint density at radius 2 is 1.21 bits per heavy atom. The van der Waals surface area contributed by atoms with Crippen molar-refractivity contribution in [1.82, 2.24) is 5.32 Å². The third kappa shape index (κ3) is 31.9. The van der Waals surface area contributed by atoms with Gasteiger partial charge in [0.25, 0.3) is 0 Å². The van der Waals surface area contributed by atoms with Gasteiger partial charge in [-0.1, -0.05) is 159 Å². The first-order chi connectivity index (χ1) is 23.3. The van der Waals surface area contributed by atoms with Crippen LogP contribution in [0.15, 0.2) is 36.5 Å². The third-order valence-corrected chi connectivity index (χ3v) is 9.26. The van der Waals surface area contributed by atoms with Crippen LogP contribution in [0, 0.1) is 0 Å². The lowest BCUT2D eigenvalue weighted by atomic mass is 10.0. The Morgan fingerprint density at radius 1 is 0.708 bits per heavy atom. The van der Waals surface area contributed by atoms with Gasteiger partial charge in [0.2, 0.25) is 5.91 Å². The van der Waals surface area contributed by atoms with Gasteiger partial charge in [0.05, 0.1) is 37.9 Å². The Bertz CT molecular complexity index is 868. The zero-order valence-electron chi connectivity index (χ0n) is 30.6. The van der Waals surface area contributed by atoms with Crippen molar-refractivity contribution in [1.29, 1.82) is 0 Å². The van der Waals surface area contributed by atoms with Crippen molar-refractivity contribution in [3.05, 3.63) is 36.5 Å². The summed E-state index contributed by atoms with van der Waals surface area (Å²) in [6.07, 6.45) is 35.4. The van der Waals surface area contributed by atoms with E-state index in [0.29, 0.717) is 6.42 Å². The molecule has 0 saturated heterocycles. The van der Waals surface area contributed by atoms with Gasteiger partial charge in [-0.25, -0.2) is 4.57 Å². The number of allylic oxidation sites excluding steroid dienone is 4. The molecule has 0 saturated carbocycles. The maximum Gasteiger partial charge on any atom is 0.472 e. The molecule has 282 valence electrons. The van der Waals surface area contributed by atoms with E-state index in [0.717, 1.165) is 25.7 Å². The predicted molar refractivity (Wildman–Crippen MR) is 200 cm³/mol. The zero-order valence-corrected chi connectivity index (χ0v) is 31.5. The topological polar surface area (TPSA) is 151 Å². The molecule has 6 N–H and O–H groups in total. The van der Waals surface area contributed by atoms with Crippen molar-refractivity contribution >= 4 is 13.7 Å². The van der Waals surface area contributed by atoms with E-state index in [1.807, 2.05) is 12.2 Å². The van der Waals surface area contributed by atoms with E-state index in [1.54, 1.807) is 12.2 Å². The molecule has 0 radical (unpaired) electrons. The Balaban J connectivity index is 4.54. The monoisotopic (exact) mass is 701 g/mol. The van der Waals surface area contributed by atoms with E-state index >= 15 is 0 Å². The molecule has 0 aromatic heterocycles. The molecule has 0 aliphatic heterocycles. The summed E-state index contributed by atoms with van der Waals surface area (Å²) in [5.41, 5.74) is 5.34. The average molecular weight is 701 g/mol. The van der Waals surface area contributed by atoms with E-state index in [-0.39, 0.29) is 19.6 Å². The van der Waals surface area contributed by atoms with Crippen LogP contribution in [0.5, 0.6) is 0 Å². The molecule has 48 heavy (non-hydrogen) atoms. The zero-order chi connectivity index (χ0) is 35.6. The van der Waals surface area contributed by atoms with Crippen LogP contribution >= 0.6 is 7.82 Å². The number of phosphoric ester groups is 1. The molecule has 0 aromatic rings. The molecular weight excluding hydrogens is 627 g/mol. The molecule has 0 fully saturated rings. The van der Waals surface area contributed by atoms with Crippen LogP contribution in [0.2, 0.25) is 0 Å². The first-order valence-corrected chi connectivity index (χ1v) is 20.7. The predicted octanol–water partition coefficient (Wildman–Crippen LogP) is 8.97. The van der Waals surface area contributed by atoms with Crippen LogP contribution in [0.1, 0.15) is 162 Å². The highest BCUT2D eigenvalue weighted by atomic mass is 31.2. The number of rotatable bonds is 35. The first-order valence-electron chi connectivity index (χ1n) is 19.2. The normalized spacial score (nSPS) is 15.4. The van der Waals surface area contributed by atoms with E-state index in [4.69, 9.17) is 14.8 Å². The number of carbonyl (C=O) groups is 1. The van der Waals surface area contributed by atoms with Gasteiger partial charge in [-0.2, -0.15) is 0 Å². The number of hydrogen-bond donors (Lipinski definition) is 5. The molecule has 0 aromatic carbocycles. The Morgan fingerprint density at radius 3 is 1.73 bits per heavy atom. The fraction of sp³-hybridized carbons (Fsp3) is 0.816. The average Bonchev–Trinajstić information content (AvgIpc) is 3.06. The summed E-state index contributed by atoms with van der Waals surface area (Å²) in [6.45, 7) is 3.89. The van der Waals surface area contributed by atoms with Gasteiger partial charge in [-0.15, -0.1) is 0 Å². The van der Waals surface area contributed by atoms with E-state index in [2.05, 4.69) is 31.3 Å². The SMILES string of the molecule is CCCCCCCC/C=C\C/C=C\C(O)CC(=O)NC(COP(=O)(O)OCCN)C(O)/C=C/CCCCCCCCCCCCCCC. The Hall–Kier alpha value is -1.32. The third-order valence-electron chi connectivity index (χ3n) is 8.27. The van der Waals surface area contributed by atoms with Crippen LogP contribution in [0.25, 0.3) is 0 Å². The quantitative estimate of drug-likeness (QED) is 0.0250. The summed E-state index contributed by atoms with van der Waals surface area (Å²) in [6, 6.07) is -1.01. The number of aliphatic hydroxyl groups is 2. The molecule has 0 spiro atoms. The van der Waals surface area contributed by atoms with Gasteiger partial charge in [-0.3, -0.25) is 13.8 Å². The molecule has 10 heteroatoms. The summed E-state index contributed by atoms with van der Waals surface area (Å²) in [5, 5.41) is 23.7. The minimum absolute atomic E-state index is 0.0406. The number of carbonyl (C=O) groups excluding carboxylic acids is 1. The van der Waals surface area contributed by atoms with Gasteiger partial charge in [-0.05, 0) is 32.1 Å². The molecule has 9 nitrogen and oxygen atoms in total. The van der Waals surface area contributed by atoms with Gasteiger partial charge in [0.15, 0.2) is 0 Å². The first kappa shape index (κ1) is 46.7. The number of aliphatic hydroxyl groups excluding tert-OH is 2. The summed E-state index contributed by atoms with van der Waals surface area (Å²) in [7, 11) is -4.41. The number of amides is 1. The number of nitrogens with one attached hydrogen (secondary N) is 1. The lowest BCUT2D eigenvalue weighted by molar-refractivity contribution is -0.124. The molecule has 0 aliphatic carbocycles. The number of unbranched alkanes of at least 4 members (excludes halogenated alkanes) is 19. The molecule has 1 amide bonds. The molecule has 4 atom stereocenters. The summed E-state index contributed by atoms with van der Waals surface area (Å²) in [5.74, 6) is -0.515. The highest BCUT2D eigenvalue weighted by Crippen LogP contribution is 2.43. The number of phosphoric acid groups is 1. The smallest absolute Gasteiger partial charge is 0.389 e. The van der Waals surface area contributed by atoms with Gasteiger partial charge >= 0.3 is 7.82 Å². The highest BCUT2D eigenvalue weighted by Gasteiger charge is 2.27. The summed E-state index contributed by atoms with van der Waals surface area (Å²) < 4.78 is 21.9. The van der Waals surface area contributed by atoms with Crippen LogP contribution < -0.4 is 11.1 Å². The second-order valence-corrected chi connectivity index (χ2v) is 14.4. The highest BCUT2D eigenvalue weighted by molar-refractivity contribution is 7.47. The van der Waals surface area contributed by atoms with Crippen molar-refractivity contribution in [3.8, 4) is 0 Å². The number of hydrogen-bond acceptors (Lipinski definition) is 7. The lowest BCUT2D eigenvalue weighted by Crippen LogP contribution is -2.46. The van der Waals surface area contributed by atoms with Gasteiger partial charge in [0, 0.05) is 6.54 Å². The van der Waals surface area contributed by atoms with Crippen molar-refractivity contribution in [3.63, 3.8) is 0 Å². The van der Waals surface area contributed by atoms with Crippen molar-refractivity contribution < 1.29 is 33.5 Å². The maximum atomic E-state index is 12.7. The van der Waals surface area contributed by atoms with E-state index < -0.39 is 38.6 Å². The van der Waals surface area contributed by atoms with Gasteiger partial charge < -0.3 is 26.2 Å². The van der Waals surface area contributed by atoms with E-state index in [1.165, 1.54) is 109 Å². The largest absolute Gasteiger partial charge is 0.472 e. The van der Waals surface area contributed by atoms with Gasteiger partial charge in [0.1, 0.15) is 0 Å². The molecule has 0 rings (SSSR count). The van der Waals surface area contributed by atoms with Crippen LogP contribution in [-0.4, -0.2) is 59.0 Å². The maximum absolute atomic E-state index is 12.7. The van der Waals surface area contributed by atoms with Crippen LogP contribution in [0.3, 0.4) is 0 Å². The molecule has 4 unspecified atom stereocenters. The van der Waals surface area contributed by atoms with Crippen molar-refractivity contribution in [2.45, 2.75) is 180 Å². The summed E-state index contributed by atoms with van der Waals surface area (Å²) in [4.78, 5) is 22.6. The fourth-order valence-corrected chi connectivity index (χ4v) is 6.11. The Labute approximate surface area is 293 Å². The lowest BCUT2D eigenvalue weighted by Gasteiger charge is -2.23. The second kappa shape index (κ2) is 34.1. The molecular formula is C38H73N2O7P. The van der Waals surface area contributed by atoms with Crippen LogP contribution in [-0.2, 0) is 18.4 Å². The minimum Gasteiger partial charge on any atom is -0.389 e. The second-order valence-electron chi connectivity index (χ2n) is 13.0.